The molecule has 0 aromatic carbocycles. The molecule has 1 heterocycles. The van der Waals surface area contributed by atoms with Gasteiger partial charge in [-0.15, -0.1) is 0 Å². The molecular formula is C14H22N4. The summed E-state index contributed by atoms with van der Waals surface area (Å²) in [4.78, 5) is 9.22. The first kappa shape index (κ1) is 11.8. The van der Waals surface area contributed by atoms with Crippen molar-refractivity contribution in [1.29, 1.82) is 0 Å². The Hall–Kier alpha value is -1.32. The van der Waals surface area contributed by atoms with E-state index in [2.05, 4.69) is 34.4 Å². The fourth-order valence-corrected chi connectivity index (χ4v) is 2.27. The highest BCUT2D eigenvalue weighted by atomic mass is 15.1. The number of rotatable bonds is 6. The Labute approximate surface area is 109 Å². The van der Waals surface area contributed by atoms with Crippen LogP contribution in [0.25, 0.3) is 0 Å². The third kappa shape index (κ3) is 2.74. The Bertz CT molecular complexity index is 428. The maximum absolute atomic E-state index is 4.64. The van der Waals surface area contributed by atoms with Crippen LogP contribution in [-0.2, 0) is 0 Å². The zero-order valence-corrected chi connectivity index (χ0v) is 11.2. The van der Waals surface area contributed by atoms with Crippen LogP contribution in [0.15, 0.2) is 6.07 Å². The van der Waals surface area contributed by atoms with Gasteiger partial charge in [-0.2, -0.15) is 0 Å². The second-order valence-electron chi connectivity index (χ2n) is 5.66. The molecule has 0 saturated heterocycles. The van der Waals surface area contributed by atoms with E-state index in [-0.39, 0.29) is 0 Å². The Balaban J connectivity index is 1.70. The lowest BCUT2D eigenvalue weighted by atomic mass is 10.3. The van der Waals surface area contributed by atoms with Crippen molar-refractivity contribution in [2.75, 3.05) is 23.7 Å². The SMILES string of the molecule is CCNc1cc(NCC2CC2C)nc(C2CC2)n1. The van der Waals surface area contributed by atoms with Crippen LogP contribution in [0.4, 0.5) is 11.6 Å². The summed E-state index contributed by atoms with van der Waals surface area (Å²) in [5.41, 5.74) is 0. The summed E-state index contributed by atoms with van der Waals surface area (Å²) in [5, 5.41) is 6.76. The molecule has 2 fully saturated rings. The van der Waals surface area contributed by atoms with Gasteiger partial charge in [0.2, 0.25) is 0 Å². The normalized spacial score (nSPS) is 25.9. The van der Waals surface area contributed by atoms with Crippen LogP contribution >= 0.6 is 0 Å². The maximum atomic E-state index is 4.64. The van der Waals surface area contributed by atoms with Gasteiger partial charge in [0.25, 0.3) is 0 Å². The molecule has 2 atom stereocenters. The number of hydrogen-bond donors (Lipinski definition) is 2. The topological polar surface area (TPSA) is 49.8 Å². The second-order valence-corrected chi connectivity index (χ2v) is 5.66. The van der Waals surface area contributed by atoms with E-state index < -0.39 is 0 Å². The molecule has 4 heteroatoms. The minimum Gasteiger partial charge on any atom is -0.370 e. The molecule has 4 nitrogen and oxygen atoms in total. The van der Waals surface area contributed by atoms with Crippen LogP contribution < -0.4 is 10.6 Å². The molecule has 0 spiro atoms. The minimum absolute atomic E-state index is 0.601. The Morgan fingerprint density at radius 1 is 1.22 bits per heavy atom. The molecule has 18 heavy (non-hydrogen) atoms. The van der Waals surface area contributed by atoms with Crippen LogP contribution in [0.1, 0.15) is 44.9 Å². The Morgan fingerprint density at radius 3 is 2.44 bits per heavy atom. The molecule has 2 aliphatic carbocycles. The van der Waals surface area contributed by atoms with Crippen LogP contribution in [0.2, 0.25) is 0 Å². The summed E-state index contributed by atoms with van der Waals surface area (Å²) >= 11 is 0. The third-order valence-corrected chi connectivity index (χ3v) is 3.87. The zero-order valence-electron chi connectivity index (χ0n) is 11.2. The van der Waals surface area contributed by atoms with Gasteiger partial charge in [0.05, 0.1) is 0 Å². The maximum Gasteiger partial charge on any atom is 0.136 e. The molecule has 0 amide bonds. The summed E-state index contributed by atoms with van der Waals surface area (Å²) < 4.78 is 0. The van der Waals surface area contributed by atoms with Gasteiger partial charge in [0, 0.05) is 25.1 Å². The molecule has 2 unspecified atom stereocenters. The van der Waals surface area contributed by atoms with E-state index in [1.807, 2.05) is 6.07 Å². The van der Waals surface area contributed by atoms with Crippen molar-refractivity contribution in [2.45, 2.75) is 39.0 Å². The summed E-state index contributed by atoms with van der Waals surface area (Å²) in [6, 6.07) is 2.03. The summed E-state index contributed by atoms with van der Waals surface area (Å²) in [6.07, 6.45) is 3.84. The van der Waals surface area contributed by atoms with Crippen LogP contribution in [0, 0.1) is 11.8 Å². The van der Waals surface area contributed by atoms with Gasteiger partial charge in [-0.3, -0.25) is 0 Å². The summed E-state index contributed by atoms with van der Waals surface area (Å²) in [6.45, 7) is 6.36. The smallest absolute Gasteiger partial charge is 0.136 e. The predicted octanol–water partition coefficient (Wildman–Crippen LogP) is 2.85. The highest BCUT2D eigenvalue weighted by Gasteiger charge is 2.32. The zero-order chi connectivity index (χ0) is 12.5. The number of aromatic nitrogens is 2. The first-order valence-corrected chi connectivity index (χ1v) is 7.13. The van der Waals surface area contributed by atoms with Crippen LogP contribution in [0.3, 0.4) is 0 Å². The molecule has 3 rings (SSSR count). The van der Waals surface area contributed by atoms with E-state index in [0.29, 0.717) is 5.92 Å². The summed E-state index contributed by atoms with van der Waals surface area (Å²) in [5.74, 6) is 5.29. The van der Waals surface area contributed by atoms with E-state index in [9.17, 15) is 0 Å². The van der Waals surface area contributed by atoms with E-state index in [1.54, 1.807) is 0 Å². The van der Waals surface area contributed by atoms with Gasteiger partial charge < -0.3 is 10.6 Å². The highest BCUT2D eigenvalue weighted by molar-refractivity contribution is 5.48. The average molecular weight is 246 g/mol. The molecule has 2 aliphatic rings. The van der Waals surface area contributed by atoms with Crippen molar-refractivity contribution in [2.24, 2.45) is 11.8 Å². The molecule has 2 N–H and O–H groups in total. The lowest BCUT2D eigenvalue weighted by molar-refractivity contribution is 0.781. The Kier molecular flexibility index (Phi) is 3.10. The van der Waals surface area contributed by atoms with Gasteiger partial charge in [-0.05, 0) is 38.0 Å². The number of nitrogens with one attached hydrogen (secondary N) is 2. The Morgan fingerprint density at radius 2 is 1.89 bits per heavy atom. The molecule has 0 bridgehead atoms. The minimum atomic E-state index is 0.601. The van der Waals surface area contributed by atoms with Crippen molar-refractivity contribution >= 4 is 11.6 Å². The van der Waals surface area contributed by atoms with Crippen molar-refractivity contribution in [3.8, 4) is 0 Å². The van der Waals surface area contributed by atoms with Gasteiger partial charge in [-0.1, -0.05) is 6.92 Å². The van der Waals surface area contributed by atoms with E-state index in [1.165, 1.54) is 19.3 Å². The van der Waals surface area contributed by atoms with Crippen molar-refractivity contribution in [3.05, 3.63) is 11.9 Å². The first-order chi connectivity index (χ1) is 8.76. The van der Waals surface area contributed by atoms with Gasteiger partial charge in [0.15, 0.2) is 0 Å². The average Bonchev–Trinajstić information content (AvgIpc) is 3.23. The lowest BCUT2D eigenvalue weighted by Crippen LogP contribution is -2.10. The molecule has 2 saturated carbocycles. The molecule has 0 aliphatic heterocycles. The number of anilines is 2. The largest absolute Gasteiger partial charge is 0.370 e. The first-order valence-electron chi connectivity index (χ1n) is 7.13. The van der Waals surface area contributed by atoms with E-state index in [4.69, 9.17) is 0 Å². The molecule has 1 aromatic rings. The fraction of sp³-hybridized carbons (Fsp3) is 0.714. The standard InChI is InChI=1S/C14H22N4/c1-3-15-12-7-13(16-8-11-6-9(11)2)18-14(17-12)10-4-5-10/h7,9-11H,3-6,8H2,1-2H3,(H2,15,16,17,18). The number of hydrogen-bond acceptors (Lipinski definition) is 4. The van der Waals surface area contributed by atoms with Gasteiger partial charge in [0.1, 0.15) is 17.5 Å². The van der Waals surface area contributed by atoms with Crippen molar-refractivity contribution < 1.29 is 0 Å². The number of nitrogens with zero attached hydrogens (tertiary/aromatic N) is 2. The molecular weight excluding hydrogens is 224 g/mol. The van der Waals surface area contributed by atoms with Gasteiger partial charge >= 0.3 is 0 Å². The van der Waals surface area contributed by atoms with Gasteiger partial charge in [-0.25, -0.2) is 9.97 Å². The molecule has 1 aromatic heterocycles. The lowest BCUT2D eigenvalue weighted by Gasteiger charge is -2.10. The molecule has 0 radical (unpaired) electrons. The highest BCUT2D eigenvalue weighted by Crippen LogP contribution is 2.39. The monoisotopic (exact) mass is 246 g/mol. The molecule has 98 valence electrons. The van der Waals surface area contributed by atoms with Crippen molar-refractivity contribution in [3.63, 3.8) is 0 Å². The van der Waals surface area contributed by atoms with Crippen molar-refractivity contribution in [1.82, 2.24) is 9.97 Å². The van der Waals surface area contributed by atoms with Crippen LogP contribution in [0.5, 0.6) is 0 Å². The quantitative estimate of drug-likeness (QED) is 0.810. The van der Waals surface area contributed by atoms with Crippen LogP contribution in [-0.4, -0.2) is 23.1 Å². The van der Waals surface area contributed by atoms with E-state index in [0.717, 1.165) is 42.4 Å². The fourth-order valence-electron chi connectivity index (χ4n) is 2.27. The van der Waals surface area contributed by atoms with E-state index >= 15 is 0 Å². The second kappa shape index (κ2) is 4.75. The predicted molar refractivity (Wildman–Crippen MR) is 73.9 cm³/mol. The third-order valence-electron chi connectivity index (χ3n) is 3.87. The summed E-state index contributed by atoms with van der Waals surface area (Å²) in [7, 11) is 0.